The smallest absolute Gasteiger partial charge is 0.271 e. The third kappa shape index (κ3) is 2.64. The Hall–Kier alpha value is -2.67. The molecule has 1 unspecified atom stereocenters. The molecule has 1 fully saturated rings. The fourth-order valence-electron chi connectivity index (χ4n) is 4.10. The maximum atomic E-state index is 13.3. The van der Waals surface area contributed by atoms with Gasteiger partial charge in [0.25, 0.3) is 5.91 Å². The van der Waals surface area contributed by atoms with Crippen LogP contribution in [0.15, 0.2) is 41.8 Å². The van der Waals surface area contributed by atoms with Gasteiger partial charge in [-0.05, 0) is 55.0 Å². The van der Waals surface area contributed by atoms with Crippen LogP contribution in [-0.4, -0.2) is 32.9 Å². The molecule has 2 amide bonds. The molecule has 144 valence electrons. The Kier molecular flexibility index (Phi) is 3.84. The van der Waals surface area contributed by atoms with Crippen molar-refractivity contribution in [2.24, 2.45) is 0 Å². The Balaban J connectivity index is 1.47. The second kappa shape index (κ2) is 6.17. The van der Waals surface area contributed by atoms with E-state index in [1.807, 2.05) is 29.0 Å². The van der Waals surface area contributed by atoms with E-state index in [0.29, 0.717) is 18.8 Å². The summed E-state index contributed by atoms with van der Waals surface area (Å²) in [6.45, 7) is 2.59. The van der Waals surface area contributed by atoms with E-state index in [-0.39, 0.29) is 23.7 Å². The number of hydrogen-bond acceptors (Lipinski definition) is 3. The van der Waals surface area contributed by atoms with E-state index in [1.54, 1.807) is 28.4 Å². The number of thiophene rings is 1. The van der Waals surface area contributed by atoms with Crippen molar-refractivity contribution in [3.8, 4) is 0 Å². The van der Waals surface area contributed by atoms with Gasteiger partial charge in [-0.1, -0.05) is 12.1 Å². The van der Waals surface area contributed by atoms with Crippen molar-refractivity contribution >= 4 is 33.4 Å². The van der Waals surface area contributed by atoms with E-state index < -0.39 is 5.54 Å². The third-order valence-corrected chi connectivity index (χ3v) is 6.66. The molecule has 1 aliphatic heterocycles. The Labute approximate surface area is 165 Å². The maximum absolute atomic E-state index is 13.3. The molecule has 0 spiro atoms. The number of amides is 2. The van der Waals surface area contributed by atoms with Crippen molar-refractivity contribution in [3.05, 3.63) is 58.9 Å². The Morgan fingerprint density at radius 3 is 2.75 bits per heavy atom. The summed E-state index contributed by atoms with van der Waals surface area (Å²) in [4.78, 5) is 29.4. The molecule has 0 saturated heterocycles. The van der Waals surface area contributed by atoms with Gasteiger partial charge in [0.2, 0.25) is 5.91 Å². The van der Waals surface area contributed by atoms with Crippen molar-refractivity contribution < 1.29 is 14.0 Å². The van der Waals surface area contributed by atoms with Gasteiger partial charge in [0.1, 0.15) is 21.9 Å². The molecule has 1 atom stereocenters. The SMILES string of the molecule is CC1(C(=O)NCc2ccc(F)cc2)Cn2c(cc3ccsc32)C(=O)N1C1CC1. The van der Waals surface area contributed by atoms with Gasteiger partial charge in [0.05, 0.1) is 6.54 Å². The average molecular weight is 397 g/mol. The third-order valence-electron chi connectivity index (χ3n) is 5.71. The number of hydrogen-bond donors (Lipinski definition) is 1. The molecule has 28 heavy (non-hydrogen) atoms. The minimum Gasteiger partial charge on any atom is -0.350 e. The summed E-state index contributed by atoms with van der Waals surface area (Å²) in [7, 11) is 0. The van der Waals surface area contributed by atoms with Gasteiger partial charge in [0, 0.05) is 18.0 Å². The molecule has 1 aromatic carbocycles. The van der Waals surface area contributed by atoms with Crippen LogP contribution in [-0.2, 0) is 17.9 Å². The largest absolute Gasteiger partial charge is 0.350 e. The summed E-state index contributed by atoms with van der Waals surface area (Å²) in [6, 6.07) is 10.1. The van der Waals surface area contributed by atoms with Crippen molar-refractivity contribution in [3.63, 3.8) is 0 Å². The van der Waals surface area contributed by atoms with Crippen LogP contribution < -0.4 is 5.32 Å². The fraction of sp³-hybridized carbons (Fsp3) is 0.333. The van der Waals surface area contributed by atoms with Crippen LogP contribution >= 0.6 is 11.3 Å². The summed E-state index contributed by atoms with van der Waals surface area (Å²) in [5.41, 5.74) is 0.527. The first-order valence-corrected chi connectivity index (χ1v) is 10.3. The standard InChI is InChI=1S/C21H20FN3O2S/c1-21(20(27)23-11-13-2-4-15(22)5-3-13)12-24-17(10-14-8-9-28-19(14)24)18(26)25(21)16-6-7-16/h2-5,8-10,16H,6-7,11-12H2,1H3,(H,23,27). The number of nitrogens with zero attached hydrogens (tertiary/aromatic N) is 2. The summed E-state index contributed by atoms with van der Waals surface area (Å²) in [5.74, 6) is -0.558. The minimum atomic E-state index is -0.957. The van der Waals surface area contributed by atoms with E-state index in [4.69, 9.17) is 0 Å². The molecule has 1 aliphatic carbocycles. The molecule has 5 nitrogen and oxygen atoms in total. The first-order chi connectivity index (χ1) is 13.5. The van der Waals surface area contributed by atoms with Gasteiger partial charge >= 0.3 is 0 Å². The van der Waals surface area contributed by atoms with Gasteiger partial charge in [-0.2, -0.15) is 0 Å². The summed E-state index contributed by atoms with van der Waals surface area (Å²) < 4.78 is 15.1. The number of aromatic nitrogens is 1. The lowest BCUT2D eigenvalue weighted by molar-refractivity contribution is -0.133. The van der Waals surface area contributed by atoms with Crippen molar-refractivity contribution in [1.82, 2.24) is 14.8 Å². The van der Waals surface area contributed by atoms with Crippen molar-refractivity contribution in [1.29, 1.82) is 0 Å². The number of nitrogens with one attached hydrogen (secondary N) is 1. The zero-order valence-corrected chi connectivity index (χ0v) is 16.3. The van der Waals surface area contributed by atoms with E-state index >= 15 is 0 Å². The monoisotopic (exact) mass is 397 g/mol. The summed E-state index contributed by atoms with van der Waals surface area (Å²) in [5, 5.41) is 6.00. The quantitative estimate of drug-likeness (QED) is 0.732. The predicted molar refractivity (Wildman–Crippen MR) is 106 cm³/mol. The highest BCUT2D eigenvalue weighted by Gasteiger charge is 2.52. The second-order valence-electron chi connectivity index (χ2n) is 7.79. The number of fused-ring (bicyclic) bond motifs is 3. The van der Waals surface area contributed by atoms with E-state index in [2.05, 4.69) is 5.32 Å². The lowest BCUT2D eigenvalue weighted by Gasteiger charge is -2.44. The van der Waals surface area contributed by atoms with E-state index in [0.717, 1.165) is 28.6 Å². The fourth-order valence-corrected chi connectivity index (χ4v) is 5.00. The molecule has 0 radical (unpaired) electrons. The Morgan fingerprint density at radius 1 is 1.29 bits per heavy atom. The Bertz CT molecular complexity index is 1080. The molecule has 2 aliphatic rings. The molecule has 2 aromatic heterocycles. The van der Waals surface area contributed by atoms with Crippen LogP contribution in [0.2, 0.25) is 0 Å². The first kappa shape index (κ1) is 17.4. The van der Waals surface area contributed by atoms with Gasteiger partial charge in [-0.25, -0.2) is 4.39 Å². The number of benzene rings is 1. The zero-order valence-electron chi connectivity index (χ0n) is 15.4. The lowest BCUT2D eigenvalue weighted by atomic mass is 9.94. The summed E-state index contributed by atoms with van der Waals surface area (Å²) >= 11 is 1.58. The highest BCUT2D eigenvalue weighted by molar-refractivity contribution is 7.16. The van der Waals surface area contributed by atoms with Gasteiger partial charge in [-0.3, -0.25) is 9.59 Å². The second-order valence-corrected chi connectivity index (χ2v) is 8.68. The molecular weight excluding hydrogens is 377 g/mol. The van der Waals surface area contributed by atoms with Crippen LogP contribution in [0.4, 0.5) is 4.39 Å². The summed E-state index contributed by atoms with van der Waals surface area (Å²) in [6.07, 6.45) is 1.86. The van der Waals surface area contributed by atoms with Gasteiger partial charge in [0.15, 0.2) is 0 Å². The number of carbonyl (C=O) groups excluding carboxylic acids is 2. The number of halogens is 1. The molecule has 5 rings (SSSR count). The van der Waals surface area contributed by atoms with Gasteiger partial charge < -0.3 is 14.8 Å². The van der Waals surface area contributed by atoms with E-state index in [9.17, 15) is 14.0 Å². The predicted octanol–water partition coefficient (Wildman–Crippen LogP) is 3.54. The normalized spacial score (nSPS) is 21.8. The van der Waals surface area contributed by atoms with Crippen LogP contribution in [0.1, 0.15) is 35.8 Å². The maximum Gasteiger partial charge on any atom is 0.271 e. The topological polar surface area (TPSA) is 54.3 Å². The molecule has 1 N–H and O–H groups in total. The number of rotatable bonds is 4. The molecule has 3 heterocycles. The molecule has 1 saturated carbocycles. The number of carbonyl (C=O) groups is 2. The highest BCUT2D eigenvalue weighted by atomic mass is 32.1. The van der Waals surface area contributed by atoms with Gasteiger partial charge in [-0.15, -0.1) is 11.3 Å². The highest BCUT2D eigenvalue weighted by Crippen LogP contribution is 2.40. The van der Waals surface area contributed by atoms with Crippen LogP contribution in [0, 0.1) is 5.82 Å². The molecule has 7 heteroatoms. The molecule has 3 aromatic rings. The van der Waals surface area contributed by atoms with Crippen molar-refractivity contribution in [2.75, 3.05) is 0 Å². The van der Waals surface area contributed by atoms with E-state index in [1.165, 1.54) is 12.1 Å². The Morgan fingerprint density at radius 2 is 2.04 bits per heavy atom. The van der Waals surface area contributed by atoms with Crippen LogP contribution in [0.25, 0.3) is 10.2 Å². The van der Waals surface area contributed by atoms with Crippen LogP contribution in [0.5, 0.6) is 0 Å². The molecular formula is C21H20FN3O2S. The van der Waals surface area contributed by atoms with Crippen molar-refractivity contribution in [2.45, 2.75) is 44.4 Å². The average Bonchev–Trinajstić information content (AvgIpc) is 3.28. The zero-order chi connectivity index (χ0) is 19.5. The first-order valence-electron chi connectivity index (χ1n) is 9.40. The lowest BCUT2D eigenvalue weighted by Crippen LogP contribution is -2.64. The minimum absolute atomic E-state index is 0.0726. The molecule has 0 bridgehead atoms. The van der Waals surface area contributed by atoms with Crippen LogP contribution in [0.3, 0.4) is 0 Å².